The van der Waals surface area contributed by atoms with Crippen molar-refractivity contribution >= 4 is 12.2 Å². The highest BCUT2D eigenvalue weighted by molar-refractivity contribution is 5.74. The molecule has 0 radical (unpaired) electrons. The third-order valence-corrected chi connectivity index (χ3v) is 6.31. The van der Waals surface area contributed by atoms with E-state index in [1.165, 1.54) is 0 Å². The summed E-state index contributed by atoms with van der Waals surface area (Å²) in [6.45, 7) is 1.45. The van der Waals surface area contributed by atoms with Crippen LogP contribution in [0, 0.1) is 0 Å². The summed E-state index contributed by atoms with van der Waals surface area (Å²) in [6.07, 6.45) is 4.06. The molecule has 0 saturated carbocycles. The first-order valence-corrected chi connectivity index (χ1v) is 13.3. The SMILES string of the molecule is COc1cc(OCc2ccccc2)ccc1/C=C/c1cc(OCc2ccccc2)cc(OCc2ccccc2)c1. The summed E-state index contributed by atoms with van der Waals surface area (Å²) in [7, 11) is 1.67. The summed E-state index contributed by atoms with van der Waals surface area (Å²) < 4.78 is 23.9. The van der Waals surface area contributed by atoms with Crippen molar-refractivity contribution in [2.75, 3.05) is 7.11 Å². The van der Waals surface area contributed by atoms with E-state index < -0.39 is 0 Å². The van der Waals surface area contributed by atoms with Crippen molar-refractivity contribution in [3.8, 4) is 23.0 Å². The van der Waals surface area contributed by atoms with E-state index in [1.54, 1.807) is 7.11 Å². The minimum Gasteiger partial charge on any atom is -0.496 e. The van der Waals surface area contributed by atoms with E-state index in [4.69, 9.17) is 18.9 Å². The summed E-state index contributed by atoms with van der Waals surface area (Å²) in [5.41, 5.74) is 5.23. The lowest BCUT2D eigenvalue weighted by molar-refractivity contribution is 0.290. The number of ether oxygens (including phenoxy) is 4. The van der Waals surface area contributed by atoms with Gasteiger partial charge in [-0.25, -0.2) is 0 Å². The normalized spacial score (nSPS) is 10.8. The molecule has 0 aliphatic carbocycles. The van der Waals surface area contributed by atoms with Gasteiger partial charge < -0.3 is 18.9 Å². The van der Waals surface area contributed by atoms with Gasteiger partial charge in [-0.1, -0.05) is 103 Å². The first-order valence-electron chi connectivity index (χ1n) is 13.3. The van der Waals surface area contributed by atoms with Crippen molar-refractivity contribution in [3.63, 3.8) is 0 Å². The Morgan fingerprint density at radius 3 is 1.43 bits per heavy atom. The van der Waals surface area contributed by atoms with Crippen molar-refractivity contribution in [2.24, 2.45) is 0 Å². The molecule has 0 heterocycles. The van der Waals surface area contributed by atoms with E-state index in [0.29, 0.717) is 19.8 Å². The molecule has 0 saturated heterocycles. The van der Waals surface area contributed by atoms with Crippen LogP contribution in [0.5, 0.6) is 23.0 Å². The molecule has 0 aromatic heterocycles. The molecule has 0 N–H and O–H groups in total. The Labute approximate surface area is 236 Å². The van der Waals surface area contributed by atoms with E-state index >= 15 is 0 Å². The molecule has 0 bridgehead atoms. The average Bonchev–Trinajstić information content (AvgIpc) is 3.02. The lowest BCUT2D eigenvalue weighted by Gasteiger charge is -2.12. The molecule has 0 spiro atoms. The molecule has 4 nitrogen and oxygen atoms in total. The maximum Gasteiger partial charge on any atom is 0.129 e. The number of hydrogen-bond acceptors (Lipinski definition) is 4. The van der Waals surface area contributed by atoms with Crippen molar-refractivity contribution in [1.29, 1.82) is 0 Å². The fourth-order valence-electron chi connectivity index (χ4n) is 4.18. The second kappa shape index (κ2) is 13.7. The molecule has 0 aliphatic heterocycles. The molecule has 5 aromatic carbocycles. The third kappa shape index (κ3) is 7.78. The molecule has 0 unspecified atom stereocenters. The summed E-state index contributed by atoms with van der Waals surface area (Å²) in [5.74, 6) is 2.97. The molecule has 0 atom stereocenters. The van der Waals surface area contributed by atoms with Gasteiger partial charge in [0.1, 0.15) is 42.8 Å². The lowest BCUT2D eigenvalue weighted by Crippen LogP contribution is -1.98. The number of hydrogen-bond donors (Lipinski definition) is 0. The molecule has 0 fully saturated rings. The van der Waals surface area contributed by atoms with E-state index in [-0.39, 0.29) is 0 Å². The molecular formula is C36H32O4. The smallest absolute Gasteiger partial charge is 0.129 e. The fraction of sp³-hybridized carbons (Fsp3) is 0.111. The van der Waals surface area contributed by atoms with Crippen molar-refractivity contribution in [2.45, 2.75) is 19.8 Å². The van der Waals surface area contributed by atoms with Crippen LogP contribution in [0.1, 0.15) is 27.8 Å². The van der Waals surface area contributed by atoms with Gasteiger partial charge in [-0.3, -0.25) is 0 Å². The molecule has 0 amide bonds. The zero-order valence-corrected chi connectivity index (χ0v) is 22.5. The van der Waals surface area contributed by atoms with Gasteiger partial charge in [0.15, 0.2) is 0 Å². The first kappa shape index (κ1) is 26.6. The molecule has 5 aromatic rings. The van der Waals surface area contributed by atoms with Crippen LogP contribution in [0.3, 0.4) is 0 Å². The van der Waals surface area contributed by atoms with Gasteiger partial charge in [-0.15, -0.1) is 0 Å². The Bertz CT molecular complexity index is 1450. The fourth-order valence-corrected chi connectivity index (χ4v) is 4.18. The highest BCUT2D eigenvalue weighted by atomic mass is 16.5. The average molecular weight is 529 g/mol. The quantitative estimate of drug-likeness (QED) is 0.152. The zero-order chi connectivity index (χ0) is 27.4. The second-order valence-corrected chi connectivity index (χ2v) is 9.30. The zero-order valence-electron chi connectivity index (χ0n) is 22.5. The van der Waals surface area contributed by atoms with E-state index in [2.05, 4.69) is 24.3 Å². The Balaban J connectivity index is 1.33. The summed E-state index contributed by atoms with van der Waals surface area (Å²) in [4.78, 5) is 0. The highest BCUT2D eigenvalue weighted by Crippen LogP contribution is 2.29. The van der Waals surface area contributed by atoms with E-state index in [9.17, 15) is 0 Å². The molecule has 0 aliphatic rings. The third-order valence-electron chi connectivity index (χ3n) is 6.31. The Kier molecular flexibility index (Phi) is 9.14. The number of rotatable bonds is 12. The van der Waals surface area contributed by atoms with Crippen LogP contribution in [-0.2, 0) is 19.8 Å². The van der Waals surface area contributed by atoms with Crippen LogP contribution in [0.25, 0.3) is 12.2 Å². The first-order chi connectivity index (χ1) is 19.7. The van der Waals surface area contributed by atoms with Gasteiger partial charge in [-0.2, -0.15) is 0 Å². The summed E-state index contributed by atoms with van der Waals surface area (Å²) in [6, 6.07) is 42.2. The van der Waals surface area contributed by atoms with Crippen molar-refractivity contribution < 1.29 is 18.9 Å². The van der Waals surface area contributed by atoms with Gasteiger partial charge in [0, 0.05) is 17.7 Å². The monoisotopic (exact) mass is 528 g/mol. The largest absolute Gasteiger partial charge is 0.496 e. The van der Waals surface area contributed by atoms with Gasteiger partial charge in [0.2, 0.25) is 0 Å². The number of benzene rings is 5. The van der Waals surface area contributed by atoms with Crippen LogP contribution >= 0.6 is 0 Å². The van der Waals surface area contributed by atoms with Crippen molar-refractivity contribution in [3.05, 3.63) is 155 Å². The Morgan fingerprint density at radius 2 is 0.950 bits per heavy atom. The standard InChI is InChI=1S/C36H32O4/c1-37-36-24-33(38-25-28-11-5-2-6-12-28)20-19-32(36)18-17-31-21-34(39-26-29-13-7-3-8-14-29)23-35(22-31)40-27-30-15-9-4-10-16-30/h2-24H,25-27H2,1H3/b18-17+. The van der Waals surface area contributed by atoms with Crippen LogP contribution < -0.4 is 18.9 Å². The topological polar surface area (TPSA) is 36.9 Å². The predicted molar refractivity (Wildman–Crippen MR) is 161 cm³/mol. The Hall–Kier alpha value is -4.96. The molecule has 4 heteroatoms. The minimum absolute atomic E-state index is 0.477. The van der Waals surface area contributed by atoms with Crippen LogP contribution in [0.2, 0.25) is 0 Å². The van der Waals surface area contributed by atoms with Gasteiger partial charge in [0.05, 0.1) is 7.11 Å². The van der Waals surface area contributed by atoms with Crippen LogP contribution in [0.15, 0.2) is 127 Å². The highest BCUT2D eigenvalue weighted by Gasteiger charge is 2.06. The van der Waals surface area contributed by atoms with Crippen molar-refractivity contribution in [1.82, 2.24) is 0 Å². The van der Waals surface area contributed by atoms with Crippen LogP contribution in [0.4, 0.5) is 0 Å². The molecule has 5 rings (SSSR count). The molecular weight excluding hydrogens is 496 g/mol. The van der Waals surface area contributed by atoms with Gasteiger partial charge >= 0.3 is 0 Å². The minimum atomic E-state index is 0.477. The second-order valence-electron chi connectivity index (χ2n) is 9.30. The van der Waals surface area contributed by atoms with E-state index in [1.807, 2.05) is 115 Å². The van der Waals surface area contributed by atoms with E-state index in [0.717, 1.165) is 50.8 Å². The van der Waals surface area contributed by atoms with Crippen LogP contribution in [-0.4, -0.2) is 7.11 Å². The summed E-state index contributed by atoms with van der Waals surface area (Å²) in [5, 5.41) is 0. The van der Waals surface area contributed by atoms with Gasteiger partial charge in [0.25, 0.3) is 0 Å². The Morgan fingerprint density at radius 1 is 0.475 bits per heavy atom. The maximum atomic E-state index is 6.15. The number of methoxy groups -OCH3 is 1. The lowest BCUT2D eigenvalue weighted by atomic mass is 10.1. The molecule has 200 valence electrons. The predicted octanol–water partition coefficient (Wildman–Crippen LogP) is 8.60. The maximum absolute atomic E-state index is 6.15. The summed E-state index contributed by atoms with van der Waals surface area (Å²) >= 11 is 0. The van der Waals surface area contributed by atoms with Gasteiger partial charge in [-0.05, 0) is 46.5 Å². The molecule has 40 heavy (non-hydrogen) atoms.